The van der Waals surface area contributed by atoms with Crippen molar-refractivity contribution in [2.75, 3.05) is 38.2 Å². The largest absolute Gasteiger partial charge is 0.497 e. The summed E-state index contributed by atoms with van der Waals surface area (Å²) in [5.74, 6) is 2.52. The monoisotopic (exact) mass is 281 g/mol. The molecule has 0 atom stereocenters. The molecule has 106 valence electrons. The fourth-order valence-corrected chi connectivity index (χ4v) is 2.64. The molecule has 1 rings (SSSR count). The van der Waals surface area contributed by atoms with E-state index in [2.05, 4.69) is 18.7 Å². The van der Waals surface area contributed by atoms with E-state index in [1.54, 1.807) is 18.9 Å². The first-order chi connectivity index (χ1) is 9.21. The molecule has 0 N–H and O–H groups in total. The zero-order chi connectivity index (χ0) is 14.1. The second-order valence-corrected chi connectivity index (χ2v) is 5.34. The molecule has 4 heteroatoms. The van der Waals surface area contributed by atoms with Crippen LogP contribution in [0.25, 0.3) is 0 Å². The van der Waals surface area contributed by atoms with Crippen molar-refractivity contribution in [1.29, 1.82) is 0 Å². The van der Waals surface area contributed by atoms with Gasteiger partial charge in [0.05, 0.1) is 12.9 Å². The zero-order valence-corrected chi connectivity index (χ0v) is 12.8. The number of nitrogens with zero attached hydrogens (tertiary/aromatic N) is 1. The first-order valence-electron chi connectivity index (χ1n) is 6.68. The van der Waals surface area contributed by atoms with Gasteiger partial charge in [-0.2, -0.15) is 11.8 Å². The Morgan fingerprint density at radius 1 is 1.21 bits per heavy atom. The van der Waals surface area contributed by atoms with E-state index in [1.807, 2.05) is 24.3 Å². The van der Waals surface area contributed by atoms with Crippen molar-refractivity contribution in [3.05, 3.63) is 29.8 Å². The van der Waals surface area contributed by atoms with Gasteiger partial charge in [-0.15, -0.1) is 0 Å². The number of ether oxygens (including phenoxy) is 1. The molecule has 0 aliphatic heterocycles. The molecule has 0 unspecified atom stereocenters. The average Bonchev–Trinajstić information content (AvgIpc) is 2.47. The summed E-state index contributed by atoms with van der Waals surface area (Å²) in [6, 6.07) is 7.31. The normalized spacial score (nSPS) is 10.7. The van der Waals surface area contributed by atoms with Gasteiger partial charge in [-0.25, -0.2) is 0 Å². The lowest BCUT2D eigenvalue weighted by Gasteiger charge is -2.17. The fourth-order valence-electron chi connectivity index (χ4n) is 1.76. The number of thioether (sulfide) groups is 1. The highest BCUT2D eigenvalue weighted by molar-refractivity contribution is 8.00. The van der Waals surface area contributed by atoms with Gasteiger partial charge in [-0.3, -0.25) is 4.79 Å². The van der Waals surface area contributed by atoms with Gasteiger partial charge in [-0.05, 0) is 37.4 Å². The summed E-state index contributed by atoms with van der Waals surface area (Å²) in [4.78, 5) is 14.3. The number of hydrogen-bond donors (Lipinski definition) is 0. The Kier molecular flexibility index (Phi) is 7.60. The summed E-state index contributed by atoms with van der Waals surface area (Å²) in [6.07, 6.45) is 0. The second-order valence-electron chi connectivity index (χ2n) is 4.23. The highest BCUT2D eigenvalue weighted by Gasteiger charge is 2.06. The lowest BCUT2D eigenvalue weighted by atomic mass is 10.1. The average molecular weight is 281 g/mol. The molecular formula is C15H23NO2S. The minimum Gasteiger partial charge on any atom is -0.497 e. The Bertz CT molecular complexity index is 374. The molecule has 1 aromatic carbocycles. The minimum absolute atomic E-state index is 0.187. The molecule has 0 spiro atoms. The predicted molar refractivity (Wildman–Crippen MR) is 82.4 cm³/mol. The van der Waals surface area contributed by atoms with Crippen LogP contribution in [0.5, 0.6) is 5.75 Å². The van der Waals surface area contributed by atoms with Crippen molar-refractivity contribution in [2.24, 2.45) is 0 Å². The molecule has 0 aliphatic carbocycles. The van der Waals surface area contributed by atoms with Crippen LogP contribution in [0.4, 0.5) is 0 Å². The first-order valence-corrected chi connectivity index (χ1v) is 7.84. The van der Waals surface area contributed by atoms with Crippen molar-refractivity contribution < 1.29 is 9.53 Å². The maximum absolute atomic E-state index is 12.0. The summed E-state index contributed by atoms with van der Waals surface area (Å²) in [5, 5.41) is 0. The Hall–Kier alpha value is -1.00. The molecule has 0 radical (unpaired) electrons. The van der Waals surface area contributed by atoms with Crippen LogP contribution in [0, 0.1) is 0 Å². The summed E-state index contributed by atoms with van der Waals surface area (Å²) in [7, 11) is 1.62. The Balaban J connectivity index is 2.30. The summed E-state index contributed by atoms with van der Waals surface area (Å²) >= 11 is 1.70. The Labute approximate surface area is 120 Å². The fraction of sp³-hybridized carbons (Fsp3) is 0.533. The number of methoxy groups -OCH3 is 1. The summed E-state index contributed by atoms with van der Waals surface area (Å²) in [5.41, 5.74) is 0.760. The van der Waals surface area contributed by atoms with E-state index >= 15 is 0 Å². The third-order valence-corrected chi connectivity index (χ3v) is 4.03. The van der Waals surface area contributed by atoms with Crippen molar-refractivity contribution in [3.8, 4) is 5.75 Å². The number of rotatable bonds is 9. The highest BCUT2D eigenvalue weighted by Crippen LogP contribution is 2.13. The van der Waals surface area contributed by atoms with Crippen LogP contribution < -0.4 is 4.74 Å². The molecule has 1 aromatic rings. The van der Waals surface area contributed by atoms with Crippen LogP contribution in [0.2, 0.25) is 0 Å². The molecule has 19 heavy (non-hydrogen) atoms. The van der Waals surface area contributed by atoms with E-state index in [-0.39, 0.29) is 5.78 Å². The van der Waals surface area contributed by atoms with Crippen LogP contribution in [0.3, 0.4) is 0 Å². The number of benzene rings is 1. The molecule has 3 nitrogen and oxygen atoms in total. The van der Waals surface area contributed by atoms with Crippen molar-refractivity contribution in [1.82, 2.24) is 4.90 Å². The molecular weight excluding hydrogens is 258 g/mol. The third-order valence-electron chi connectivity index (χ3n) is 3.09. The smallest absolute Gasteiger partial charge is 0.172 e. The van der Waals surface area contributed by atoms with Crippen LogP contribution >= 0.6 is 11.8 Å². The van der Waals surface area contributed by atoms with E-state index in [0.29, 0.717) is 5.75 Å². The third kappa shape index (κ3) is 5.66. The quantitative estimate of drug-likeness (QED) is 0.514. The SMILES string of the molecule is CCN(CC)CCSCC(=O)c1ccc(OC)cc1. The van der Waals surface area contributed by atoms with Gasteiger partial charge >= 0.3 is 0 Å². The molecule has 0 aliphatic rings. The molecule has 0 saturated carbocycles. The van der Waals surface area contributed by atoms with E-state index in [0.717, 1.165) is 36.7 Å². The van der Waals surface area contributed by atoms with Gasteiger partial charge in [-0.1, -0.05) is 13.8 Å². The van der Waals surface area contributed by atoms with Crippen LogP contribution in [0.1, 0.15) is 24.2 Å². The maximum atomic E-state index is 12.0. The standard InChI is InChI=1S/C15H23NO2S/c1-4-16(5-2)10-11-19-12-15(17)13-6-8-14(18-3)9-7-13/h6-9H,4-5,10-12H2,1-3H3. The number of carbonyl (C=O) groups excluding carboxylic acids is 1. The van der Waals surface area contributed by atoms with Crippen molar-refractivity contribution in [2.45, 2.75) is 13.8 Å². The number of ketones is 1. The first kappa shape index (κ1) is 16.1. The zero-order valence-electron chi connectivity index (χ0n) is 12.0. The molecule has 0 saturated heterocycles. The molecule has 0 heterocycles. The second kappa shape index (κ2) is 8.99. The minimum atomic E-state index is 0.187. The van der Waals surface area contributed by atoms with E-state index in [1.165, 1.54) is 0 Å². The van der Waals surface area contributed by atoms with Gasteiger partial charge < -0.3 is 9.64 Å². The molecule has 0 fully saturated rings. The predicted octanol–water partition coefficient (Wildman–Crippen LogP) is 2.95. The molecule has 0 aromatic heterocycles. The summed E-state index contributed by atoms with van der Waals surface area (Å²) < 4.78 is 5.08. The lowest BCUT2D eigenvalue weighted by molar-refractivity contribution is 0.102. The van der Waals surface area contributed by atoms with E-state index < -0.39 is 0 Å². The van der Waals surface area contributed by atoms with Gasteiger partial charge in [0.1, 0.15) is 5.75 Å². The van der Waals surface area contributed by atoms with E-state index in [9.17, 15) is 4.79 Å². The van der Waals surface area contributed by atoms with Gasteiger partial charge in [0.2, 0.25) is 0 Å². The summed E-state index contributed by atoms with van der Waals surface area (Å²) in [6.45, 7) is 7.52. The topological polar surface area (TPSA) is 29.5 Å². The highest BCUT2D eigenvalue weighted by atomic mass is 32.2. The van der Waals surface area contributed by atoms with Gasteiger partial charge in [0.15, 0.2) is 5.78 Å². The van der Waals surface area contributed by atoms with Crippen molar-refractivity contribution >= 4 is 17.5 Å². The van der Waals surface area contributed by atoms with E-state index in [4.69, 9.17) is 4.74 Å². The molecule has 0 bridgehead atoms. The van der Waals surface area contributed by atoms with Crippen LogP contribution in [-0.2, 0) is 0 Å². The van der Waals surface area contributed by atoms with Crippen LogP contribution in [-0.4, -0.2) is 48.9 Å². The van der Waals surface area contributed by atoms with Gasteiger partial charge in [0.25, 0.3) is 0 Å². The lowest BCUT2D eigenvalue weighted by Crippen LogP contribution is -2.25. The van der Waals surface area contributed by atoms with Crippen molar-refractivity contribution in [3.63, 3.8) is 0 Å². The van der Waals surface area contributed by atoms with Gasteiger partial charge in [0, 0.05) is 17.9 Å². The number of Topliss-reactive ketones (excluding diaryl/α,β-unsaturated/α-hetero) is 1. The Morgan fingerprint density at radius 3 is 2.37 bits per heavy atom. The van der Waals surface area contributed by atoms with Crippen LogP contribution in [0.15, 0.2) is 24.3 Å². The Morgan fingerprint density at radius 2 is 1.84 bits per heavy atom. The molecule has 0 amide bonds. The number of hydrogen-bond acceptors (Lipinski definition) is 4. The number of carbonyl (C=O) groups is 1. The maximum Gasteiger partial charge on any atom is 0.172 e.